The highest BCUT2D eigenvalue weighted by molar-refractivity contribution is 5.82. The standard InChI is InChI=1S/C31H28N2O3/c34-30(36-19-29-27-7-3-1-5-25(27)26-6-2-4-8-28(26)29)33-23-11-12-24(33)17-31(35,16-23)22-10-9-21-18-32-14-13-20(21)15-22/h1-10,13-15,18,23-24,29,35H,11-12,16-17,19H2. The van der Waals surface area contributed by atoms with Crippen LogP contribution >= 0.6 is 0 Å². The summed E-state index contributed by atoms with van der Waals surface area (Å²) in [5.74, 6) is 0.0489. The molecule has 2 saturated heterocycles. The molecule has 3 aliphatic rings. The highest BCUT2D eigenvalue weighted by Gasteiger charge is 2.50. The van der Waals surface area contributed by atoms with Gasteiger partial charge in [0.05, 0.1) is 5.60 Å². The first-order chi connectivity index (χ1) is 17.6. The molecule has 5 nitrogen and oxygen atoms in total. The summed E-state index contributed by atoms with van der Waals surface area (Å²) in [6.07, 6.45) is 6.22. The molecule has 0 spiro atoms. The van der Waals surface area contributed by atoms with E-state index in [4.69, 9.17) is 4.74 Å². The van der Waals surface area contributed by atoms with Crippen LogP contribution in [0.25, 0.3) is 21.9 Å². The third-order valence-electron chi connectivity index (χ3n) is 8.49. The maximum atomic E-state index is 13.4. The third kappa shape index (κ3) is 3.34. The van der Waals surface area contributed by atoms with Crippen molar-refractivity contribution in [1.82, 2.24) is 9.88 Å². The summed E-state index contributed by atoms with van der Waals surface area (Å²) in [5.41, 5.74) is 4.86. The van der Waals surface area contributed by atoms with Crippen LogP contribution in [0.3, 0.4) is 0 Å². The molecule has 1 aliphatic carbocycles. The Morgan fingerprint density at radius 2 is 1.58 bits per heavy atom. The van der Waals surface area contributed by atoms with E-state index in [1.807, 2.05) is 29.3 Å². The molecule has 3 heterocycles. The van der Waals surface area contributed by atoms with Crippen molar-refractivity contribution in [2.75, 3.05) is 6.61 Å². The summed E-state index contributed by atoms with van der Waals surface area (Å²) in [7, 11) is 0. The zero-order valence-corrected chi connectivity index (χ0v) is 20.0. The third-order valence-corrected chi connectivity index (χ3v) is 8.49. The van der Waals surface area contributed by atoms with Gasteiger partial charge in [-0.25, -0.2) is 4.79 Å². The van der Waals surface area contributed by atoms with Gasteiger partial charge in [0.2, 0.25) is 0 Å². The Bertz CT molecular complexity index is 1420. The summed E-state index contributed by atoms with van der Waals surface area (Å²) in [4.78, 5) is 19.5. The lowest BCUT2D eigenvalue weighted by molar-refractivity contribution is -0.0530. The molecule has 4 aromatic rings. The zero-order chi connectivity index (χ0) is 24.3. The predicted molar refractivity (Wildman–Crippen MR) is 139 cm³/mol. The Labute approximate surface area is 210 Å². The van der Waals surface area contributed by atoms with Crippen LogP contribution in [-0.2, 0) is 10.3 Å². The lowest BCUT2D eigenvalue weighted by Crippen LogP contribution is -2.52. The van der Waals surface area contributed by atoms with E-state index in [0.29, 0.717) is 19.4 Å². The van der Waals surface area contributed by atoms with Crippen molar-refractivity contribution in [3.63, 3.8) is 0 Å². The van der Waals surface area contributed by atoms with Gasteiger partial charge >= 0.3 is 6.09 Å². The van der Waals surface area contributed by atoms with Gasteiger partial charge in [0.25, 0.3) is 0 Å². The second-order valence-corrected chi connectivity index (χ2v) is 10.5. The van der Waals surface area contributed by atoms with Crippen LogP contribution in [0.2, 0.25) is 0 Å². The smallest absolute Gasteiger partial charge is 0.410 e. The van der Waals surface area contributed by atoms with Crippen molar-refractivity contribution < 1.29 is 14.6 Å². The number of hydrogen-bond donors (Lipinski definition) is 1. The molecular formula is C31H28N2O3. The van der Waals surface area contributed by atoms with Gasteiger partial charge in [0.1, 0.15) is 6.61 Å². The number of aromatic nitrogens is 1. The molecular weight excluding hydrogens is 448 g/mol. The van der Waals surface area contributed by atoms with E-state index in [0.717, 1.165) is 29.2 Å². The van der Waals surface area contributed by atoms with Crippen LogP contribution in [0.1, 0.15) is 48.3 Å². The Balaban J connectivity index is 1.09. The fraction of sp³-hybridized carbons (Fsp3) is 0.290. The maximum absolute atomic E-state index is 13.4. The van der Waals surface area contributed by atoms with Crippen molar-refractivity contribution in [2.45, 2.75) is 49.3 Å². The topological polar surface area (TPSA) is 62.7 Å². The van der Waals surface area contributed by atoms with Gasteiger partial charge in [-0.2, -0.15) is 0 Å². The van der Waals surface area contributed by atoms with E-state index in [1.54, 1.807) is 6.20 Å². The van der Waals surface area contributed by atoms with Gasteiger partial charge in [-0.1, -0.05) is 60.7 Å². The van der Waals surface area contributed by atoms with E-state index in [-0.39, 0.29) is 24.1 Å². The van der Waals surface area contributed by atoms with Gasteiger partial charge in [0.15, 0.2) is 0 Å². The molecule has 1 aromatic heterocycles. The molecule has 36 heavy (non-hydrogen) atoms. The molecule has 2 bridgehead atoms. The van der Waals surface area contributed by atoms with Crippen molar-refractivity contribution in [3.8, 4) is 11.1 Å². The van der Waals surface area contributed by atoms with Crippen LogP contribution < -0.4 is 0 Å². The van der Waals surface area contributed by atoms with Gasteiger partial charge in [-0.3, -0.25) is 4.98 Å². The number of benzene rings is 3. The molecule has 0 radical (unpaired) electrons. The summed E-state index contributed by atoms with van der Waals surface area (Å²) < 4.78 is 5.99. The number of pyridine rings is 1. The number of carbonyl (C=O) groups excluding carboxylic acids is 1. The predicted octanol–water partition coefficient (Wildman–Crippen LogP) is 6.00. The van der Waals surface area contributed by atoms with Crippen LogP contribution in [-0.4, -0.2) is 39.8 Å². The summed E-state index contributed by atoms with van der Waals surface area (Å²) in [6, 6.07) is 24.8. The van der Waals surface area contributed by atoms with Crippen molar-refractivity contribution in [3.05, 3.63) is 102 Å². The Kier molecular flexibility index (Phi) is 4.90. The Morgan fingerprint density at radius 3 is 2.28 bits per heavy atom. The number of piperidine rings is 1. The first-order valence-electron chi connectivity index (χ1n) is 12.8. The number of hydrogen-bond acceptors (Lipinski definition) is 4. The SMILES string of the molecule is O=C(OCC1c2ccccc2-c2ccccc21)N1C2CCC1CC(O)(c1ccc3cnccc3c1)C2. The zero-order valence-electron chi connectivity index (χ0n) is 20.0. The van der Waals surface area contributed by atoms with Crippen LogP contribution in [0.4, 0.5) is 4.79 Å². The highest BCUT2D eigenvalue weighted by Crippen LogP contribution is 2.47. The molecule has 7 rings (SSSR count). The number of amides is 1. The number of aliphatic hydroxyl groups is 1. The summed E-state index contributed by atoms with van der Waals surface area (Å²) in [6.45, 7) is 0.325. The van der Waals surface area contributed by atoms with Crippen LogP contribution in [0.5, 0.6) is 0 Å². The molecule has 2 aliphatic heterocycles. The minimum atomic E-state index is -0.941. The minimum Gasteiger partial charge on any atom is -0.448 e. The lowest BCUT2D eigenvalue weighted by atomic mass is 9.80. The minimum absolute atomic E-state index is 0.0162. The second-order valence-electron chi connectivity index (χ2n) is 10.5. The van der Waals surface area contributed by atoms with Gasteiger partial charge < -0.3 is 14.7 Å². The van der Waals surface area contributed by atoms with Crippen molar-refractivity contribution in [2.24, 2.45) is 0 Å². The molecule has 2 atom stereocenters. The van der Waals surface area contributed by atoms with Gasteiger partial charge in [0, 0.05) is 48.6 Å². The average molecular weight is 477 g/mol. The van der Waals surface area contributed by atoms with E-state index < -0.39 is 5.60 Å². The molecule has 2 unspecified atom stereocenters. The maximum Gasteiger partial charge on any atom is 0.410 e. The van der Waals surface area contributed by atoms with E-state index in [9.17, 15) is 9.90 Å². The molecule has 1 amide bonds. The molecule has 2 fully saturated rings. The average Bonchev–Trinajstić information content (AvgIpc) is 3.39. The first-order valence-corrected chi connectivity index (χ1v) is 12.8. The number of fused-ring (bicyclic) bond motifs is 6. The Hall–Kier alpha value is -3.70. The number of nitrogens with zero attached hydrogens (tertiary/aromatic N) is 2. The van der Waals surface area contributed by atoms with E-state index in [1.165, 1.54) is 22.3 Å². The summed E-state index contributed by atoms with van der Waals surface area (Å²) >= 11 is 0. The number of carbonyl (C=O) groups is 1. The normalized spacial score (nSPS) is 24.5. The molecule has 3 aromatic carbocycles. The first kappa shape index (κ1) is 21.6. The second kappa shape index (κ2) is 8.17. The van der Waals surface area contributed by atoms with E-state index in [2.05, 4.69) is 59.6 Å². The van der Waals surface area contributed by atoms with Crippen molar-refractivity contribution in [1.29, 1.82) is 0 Å². The van der Waals surface area contributed by atoms with E-state index >= 15 is 0 Å². The molecule has 0 saturated carbocycles. The quantitative estimate of drug-likeness (QED) is 0.394. The largest absolute Gasteiger partial charge is 0.448 e. The van der Waals surface area contributed by atoms with Gasteiger partial charge in [-0.15, -0.1) is 0 Å². The van der Waals surface area contributed by atoms with Crippen LogP contribution in [0.15, 0.2) is 85.2 Å². The monoisotopic (exact) mass is 476 g/mol. The molecule has 5 heteroatoms. The lowest BCUT2D eigenvalue weighted by Gasteiger charge is -2.43. The highest BCUT2D eigenvalue weighted by atomic mass is 16.6. The van der Waals surface area contributed by atoms with Crippen LogP contribution in [0, 0.1) is 0 Å². The number of ether oxygens (including phenoxy) is 1. The summed E-state index contributed by atoms with van der Waals surface area (Å²) in [5, 5.41) is 13.8. The van der Waals surface area contributed by atoms with Gasteiger partial charge in [-0.05, 0) is 58.2 Å². The molecule has 1 N–H and O–H groups in total. The molecule has 180 valence electrons. The fourth-order valence-corrected chi connectivity index (χ4v) is 6.80. The fourth-order valence-electron chi connectivity index (χ4n) is 6.80. The Morgan fingerprint density at radius 1 is 0.917 bits per heavy atom. The number of rotatable bonds is 3. The van der Waals surface area contributed by atoms with Crippen molar-refractivity contribution >= 4 is 16.9 Å².